The van der Waals surface area contributed by atoms with Crippen molar-refractivity contribution in [3.05, 3.63) is 0 Å². The molecule has 0 spiro atoms. The van der Waals surface area contributed by atoms with E-state index in [1.165, 1.54) is 12.8 Å². The van der Waals surface area contributed by atoms with E-state index in [4.69, 9.17) is 0 Å². The summed E-state index contributed by atoms with van der Waals surface area (Å²) in [5, 5.41) is 12.6. The fraction of sp³-hybridized carbons (Fsp3) is 1.00. The molecule has 0 rings (SSSR count). The Hall–Kier alpha value is -0.120. The molecule has 0 heterocycles. The van der Waals surface area contributed by atoms with Gasteiger partial charge in [0.1, 0.15) is 0 Å². The third kappa shape index (κ3) is 7.20. The van der Waals surface area contributed by atoms with Gasteiger partial charge in [0, 0.05) is 12.1 Å². The van der Waals surface area contributed by atoms with Gasteiger partial charge in [-0.2, -0.15) is 0 Å². The van der Waals surface area contributed by atoms with Crippen LogP contribution in [0.5, 0.6) is 0 Å². The maximum atomic E-state index is 9.23. The Morgan fingerprint density at radius 1 is 1.19 bits per heavy atom. The first-order valence-corrected chi connectivity index (χ1v) is 6.70. The average molecular weight is 230 g/mol. The minimum Gasteiger partial charge on any atom is -0.395 e. The van der Waals surface area contributed by atoms with Crippen molar-refractivity contribution in [2.45, 2.75) is 58.5 Å². The normalized spacial score (nSPS) is 15.4. The van der Waals surface area contributed by atoms with E-state index in [9.17, 15) is 5.11 Å². The summed E-state index contributed by atoms with van der Waals surface area (Å²) in [5.41, 5.74) is 0. The van der Waals surface area contributed by atoms with Crippen LogP contribution in [-0.4, -0.2) is 48.8 Å². The predicted molar refractivity (Wildman–Crippen MR) is 70.8 cm³/mol. The Bertz CT molecular complexity index is 151. The smallest absolute Gasteiger partial charge is 0.0585 e. The summed E-state index contributed by atoms with van der Waals surface area (Å²) < 4.78 is 0. The van der Waals surface area contributed by atoms with Gasteiger partial charge < -0.3 is 15.3 Å². The Morgan fingerprint density at radius 3 is 2.38 bits per heavy atom. The molecule has 98 valence electrons. The summed E-state index contributed by atoms with van der Waals surface area (Å²) in [7, 11) is 2.18. The molecule has 2 unspecified atom stereocenters. The van der Waals surface area contributed by atoms with Crippen LogP contribution in [0, 0.1) is 0 Å². The summed E-state index contributed by atoms with van der Waals surface area (Å²) >= 11 is 0. The van der Waals surface area contributed by atoms with Crippen LogP contribution in [0.3, 0.4) is 0 Å². The van der Waals surface area contributed by atoms with Crippen molar-refractivity contribution >= 4 is 0 Å². The molecule has 0 aromatic carbocycles. The average Bonchev–Trinajstić information content (AvgIpc) is 2.29. The molecule has 0 radical (unpaired) electrons. The molecule has 0 saturated carbocycles. The maximum Gasteiger partial charge on any atom is 0.0585 e. The van der Waals surface area contributed by atoms with Crippen LogP contribution in [0.2, 0.25) is 0 Å². The number of aliphatic hydroxyl groups excluding tert-OH is 1. The van der Waals surface area contributed by atoms with Crippen molar-refractivity contribution in [2.24, 2.45) is 0 Å². The van der Waals surface area contributed by atoms with Crippen molar-refractivity contribution in [2.75, 3.05) is 26.7 Å². The molecule has 3 nitrogen and oxygen atoms in total. The maximum absolute atomic E-state index is 9.23. The first-order valence-electron chi connectivity index (χ1n) is 6.70. The number of hydrogen-bond acceptors (Lipinski definition) is 3. The van der Waals surface area contributed by atoms with Gasteiger partial charge in [-0.15, -0.1) is 0 Å². The lowest BCUT2D eigenvalue weighted by Crippen LogP contribution is -2.38. The summed E-state index contributed by atoms with van der Waals surface area (Å²) in [6.45, 7) is 8.95. The fourth-order valence-corrected chi connectivity index (χ4v) is 1.82. The van der Waals surface area contributed by atoms with Gasteiger partial charge in [0.2, 0.25) is 0 Å². The van der Waals surface area contributed by atoms with Crippen molar-refractivity contribution < 1.29 is 5.11 Å². The van der Waals surface area contributed by atoms with E-state index in [1.54, 1.807) is 0 Å². The Labute approximate surface area is 101 Å². The topological polar surface area (TPSA) is 35.5 Å². The summed E-state index contributed by atoms with van der Waals surface area (Å²) in [6, 6.07) is 0.909. The highest BCUT2D eigenvalue weighted by Gasteiger charge is 2.11. The second-order valence-corrected chi connectivity index (χ2v) is 4.74. The highest BCUT2D eigenvalue weighted by atomic mass is 16.3. The molecule has 0 aliphatic carbocycles. The molecule has 0 fully saturated rings. The zero-order chi connectivity index (χ0) is 12.4. The standard InChI is InChI=1S/C13H30N2O/c1-5-7-12(3)15(4)10-8-13(11-16)14-9-6-2/h12-14,16H,5-11H2,1-4H3. The lowest BCUT2D eigenvalue weighted by molar-refractivity contribution is 0.195. The van der Waals surface area contributed by atoms with Gasteiger partial charge in [0.05, 0.1) is 6.61 Å². The van der Waals surface area contributed by atoms with Crippen LogP contribution in [0.1, 0.15) is 46.5 Å². The van der Waals surface area contributed by atoms with Crippen LogP contribution < -0.4 is 5.32 Å². The molecular formula is C13H30N2O. The zero-order valence-electron chi connectivity index (χ0n) is 11.5. The summed E-state index contributed by atoms with van der Waals surface area (Å²) in [4.78, 5) is 2.39. The number of hydrogen-bond donors (Lipinski definition) is 2. The van der Waals surface area contributed by atoms with E-state index in [-0.39, 0.29) is 12.6 Å². The Balaban J connectivity index is 3.73. The second-order valence-electron chi connectivity index (χ2n) is 4.74. The van der Waals surface area contributed by atoms with Crippen molar-refractivity contribution in [1.29, 1.82) is 0 Å². The number of aliphatic hydroxyl groups is 1. The van der Waals surface area contributed by atoms with Gasteiger partial charge in [-0.1, -0.05) is 20.3 Å². The number of nitrogens with one attached hydrogen (secondary N) is 1. The fourth-order valence-electron chi connectivity index (χ4n) is 1.82. The SMILES string of the molecule is CCCNC(CO)CCN(C)C(C)CCC. The summed E-state index contributed by atoms with van der Waals surface area (Å²) in [5.74, 6) is 0. The molecule has 0 saturated heterocycles. The molecule has 0 aromatic heterocycles. The highest BCUT2D eigenvalue weighted by molar-refractivity contribution is 4.69. The van der Waals surface area contributed by atoms with E-state index in [2.05, 4.69) is 38.0 Å². The molecule has 0 aliphatic rings. The van der Waals surface area contributed by atoms with Crippen LogP contribution in [0.4, 0.5) is 0 Å². The molecule has 0 amide bonds. The lowest BCUT2D eigenvalue weighted by atomic mass is 10.1. The third-order valence-corrected chi connectivity index (χ3v) is 3.19. The van der Waals surface area contributed by atoms with Crippen molar-refractivity contribution in [1.82, 2.24) is 10.2 Å². The van der Waals surface area contributed by atoms with Gasteiger partial charge in [0.25, 0.3) is 0 Å². The van der Waals surface area contributed by atoms with E-state index in [0.29, 0.717) is 6.04 Å². The van der Waals surface area contributed by atoms with Gasteiger partial charge in [-0.3, -0.25) is 0 Å². The summed E-state index contributed by atoms with van der Waals surface area (Å²) in [6.07, 6.45) is 4.64. The molecule has 0 aliphatic heterocycles. The number of nitrogens with zero attached hydrogens (tertiary/aromatic N) is 1. The predicted octanol–water partition coefficient (Wildman–Crippen LogP) is 1.86. The zero-order valence-corrected chi connectivity index (χ0v) is 11.5. The van der Waals surface area contributed by atoms with Crippen molar-refractivity contribution in [3.8, 4) is 0 Å². The van der Waals surface area contributed by atoms with Gasteiger partial charge >= 0.3 is 0 Å². The monoisotopic (exact) mass is 230 g/mol. The minimum atomic E-state index is 0.246. The molecule has 16 heavy (non-hydrogen) atoms. The van der Waals surface area contributed by atoms with Gasteiger partial charge in [-0.25, -0.2) is 0 Å². The van der Waals surface area contributed by atoms with E-state index < -0.39 is 0 Å². The van der Waals surface area contributed by atoms with Crippen LogP contribution in [0.15, 0.2) is 0 Å². The van der Waals surface area contributed by atoms with E-state index in [0.717, 1.165) is 25.9 Å². The van der Waals surface area contributed by atoms with E-state index in [1.807, 2.05) is 0 Å². The second kappa shape index (κ2) is 10.1. The molecule has 3 heteroatoms. The quantitative estimate of drug-likeness (QED) is 0.601. The molecule has 0 bridgehead atoms. The Morgan fingerprint density at radius 2 is 1.88 bits per heavy atom. The number of rotatable bonds is 10. The van der Waals surface area contributed by atoms with Crippen LogP contribution >= 0.6 is 0 Å². The Kier molecular flexibility index (Phi) is 9.99. The van der Waals surface area contributed by atoms with Gasteiger partial charge in [-0.05, 0) is 46.3 Å². The first-order chi connectivity index (χ1) is 7.65. The van der Waals surface area contributed by atoms with Gasteiger partial charge in [0.15, 0.2) is 0 Å². The first kappa shape index (κ1) is 15.9. The highest BCUT2D eigenvalue weighted by Crippen LogP contribution is 2.05. The largest absolute Gasteiger partial charge is 0.395 e. The van der Waals surface area contributed by atoms with Crippen LogP contribution in [-0.2, 0) is 0 Å². The minimum absolute atomic E-state index is 0.246. The van der Waals surface area contributed by atoms with E-state index >= 15 is 0 Å². The lowest BCUT2D eigenvalue weighted by Gasteiger charge is -2.26. The molecule has 2 atom stereocenters. The molecule has 0 aromatic rings. The third-order valence-electron chi connectivity index (χ3n) is 3.19. The molecular weight excluding hydrogens is 200 g/mol. The van der Waals surface area contributed by atoms with Crippen LogP contribution in [0.25, 0.3) is 0 Å². The molecule has 2 N–H and O–H groups in total. The van der Waals surface area contributed by atoms with Crippen molar-refractivity contribution in [3.63, 3.8) is 0 Å².